The molecule has 3 aromatic heterocycles. The summed E-state index contributed by atoms with van der Waals surface area (Å²) in [6, 6.07) is 15.1. The Balaban J connectivity index is 1.12. The van der Waals surface area contributed by atoms with Crippen molar-refractivity contribution in [3.05, 3.63) is 96.7 Å². The van der Waals surface area contributed by atoms with Crippen molar-refractivity contribution in [2.45, 2.75) is 37.3 Å². The zero-order chi connectivity index (χ0) is 35.6. The maximum Gasteiger partial charge on any atom is 0.330 e. The van der Waals surface area contributed by atoms with Crippen LogP contribution in [0.2, 0.25) is 10.0 Å². The molecule has 2 saturated heterocycles. The van der Waals surface area contributed by atoms with Crippen LogP contribution in [-0.2, 0) is 20.5 Å². The van der Waals surface area contributed by atoms with Gasteiger partial charge in [0.25, 0.3) is 5.56 Å². The van der Waals surface area contributed by atoms with Crippen LogP contribution in [0.5, 0.6) is 5.88 Å². The lowest BCUT2D eigenvalue weighted by atomic mass is 9.93. The standard InChI is InChI=1S/C37H36Cl2N8O4/c1-45-26-12-15-40-32(29(26)34(48)46(2)36(45)50)42-24-9-5-7-22(31(24)39)21-6-4-8-23(30(21)38)25-18-20-10-11-27(28(20)33(43-25)51-3)47-17-14-37(19-47)13-16-41-35(49)44-37/h4-9,12,15,18,27H,10-11,13-14,16-17,19H2,1-3H3,(H,40,42)(H2,41,44,49)/t27-,37+/m1/s1. The number of carbonyl (C=O) groups excluding carboxylic acids is 1. The van der Waals surface area contributed by atoms with Crippen LogP contribution in [0.15, 0.2) is 64.3 Å². The number of nitrogens with zero attached hydrogens (tertiary/aromatic N) is 5. The number of hydrogen-bond donors (Lipinski definition) is 3. The van der Waals surface area contributed by atoms with Crippen molar-refractivity contribution in [3.8, 4) is 28.3 Å². The molecular formula is C37H36Cl2N8O4. The van der Waals surface area contributed by atoms with Gasteiger partial charge in [0.2, 0.25) is 5.88 Å². The SMILES string of the molecule is COc1nc(-c2cccc(-c3cccc(Nc4nccc5c4c(=O)n(C)c(=O)n5C)c3Cl)c2Cl)cc2c1[C@H](N1CC[C@@]3(CCNC(=O)N3)C1)CC2. The Morgan fingerprint density at radius 2 is 1.75 bits per heavy atom. The Kier molecular flexibility index (Phi) is 8.28. The molecule has 0 saturated carbocycles. The number of amides is 2. The van der Waals surface area contributed by atoms with Gasteiger partial charge in [-0.3, -0.25) is 18.8 Å². The summed E-state index contributed by atoms with van der Waals surface area (Å²) in [6.45, 7) is 2.38. The lowest BCUT2D eigenvalue weighted by Gasteiger charge is -2.36. The zero-order valence-corrected chi connectivity index (χ0v) is 29.9. The van der Waals surface area contributed by atoms with Crippen LogP contribution in [-0.4, -0.2) is 62.3 Å². The van der Waals surface area contributed by atoms with E-state index < -0.39 is 11.2 Å². The highest BCUT2D eigenvalue weighted by atomic mass is 35.5. The topological polar surface area (TPSA) is 135 Å². The number of methoxy groups -OCH3 is 1. The maximum atomic E-state index is 13.2. The molecule has 5 heterocycles. The minimum Gasteiger partial charge on any atom is -0.481 e. The first-order chi connectivity index (χ1) is 24.6. The number of halogens is 2. The highest BCUT2D eigenvalue weighted by molar-refractivity contribution is 6.39. The first-order valence-electron chi connectivity index (χ1n) is 16.9. The van der Waals surface area contributed by atoms with Crippen molar-refractivity contribution in [2.75, 3.05) is 32.1 Å². The molecule has 262 valence electrons. The van der Waals surface area contributed by atoms with Crippen molar-refractivity contribution in [1.29, 1.82) is 0 Å². The van der Waals surface area contributed by atoms with Crippen LogP contribution in [0.1, 0.15) is 36.4 Å². The molecule has 1 spiro atoms. The first-order valence-corrected chi connectivity index (χ1v) is 17.6. The molecule has 8 rings (SSSR count). The molecule has 3 N–H and O–H groups in total. The average molecular weight is 728 g/mol. The van der Waals surface area contributed by atoms with Crippen LogP contribution in [0.3, 0.4) is 0 Å². The summed E-state index contributed by atoms with van der Waals surface area (Å²) in [4.78, 5) is 49.7. The lowest BCUT2D eigenvalue weighted by Crippen LogP contribution is -2.59. The van der Waals surface area contributed by atoms with E-state index in [-0.39, 0.29) is 28.8 Å². The van der Waals surface area contributed by atoms with Gasteiger partial charge in [0.15, 0.2) is 0 Å². The Morgan fingerprint density at radius 3 is 2.53 bits per heavy atom. The number of urea groups is 1. The highest BCUT2D eigenvalue weighted by Crippen LogP contribution is 2.47. The third-order valence-electron chi connectivity index (χ3n) is 10.6. The first kappa shape index (κ1) is 33.2. The molecule has 3 aliphatic rings. The van der Waals surface area contributed by atoms with Gasteiger partial charge in [0.1, 0.15) is 11.2 Å². The number of nitrogens with one attached hydrogen (secondary N) is 3. The Hall–Kier alpha value is -4.91. The molecule has 1 aliphatic carbocycles. The van der Waals surface area contributed by atoms with Crippen LogP contribution in [0.4, 0.5) is 16.3 Å². The number of aromatic nitrogens is 4. The van der Waals surface area contributed by atoms with Crippen LogP contribution >= 0.6 is 23.2 Å². The summed E-state index contributed by atoms with van der Waals surface area (Å²) in [7, 11) is 4.70. The van der Waals surface area contributed by atoms with E-state index in [1.54, 1.807) is 26.3 Å². The Morgan fingerprint density at radius 1 is 0.980 bits per heavy atom. The second-order valence-electron chi connectivity index (χ2n) is 13.5. The van der Waals surface area contributed by atoms with Crippen LogP contribution in [0, 0.1) is 0 Å². The molecule has 0 bridgehead atoms. The van der Waals surface area contributed by atoms with Crippen molar-refractivity contribution in [1.82, 2.24) is 34.6 Å². The van der Waals surface area contributed by atoms with Gasteiger partial charge in [0, 0.05) is 68.2 Å². The summed E-state index contributed by atoms with van der Waals surface area (Å²) in [6.07, 6.45) is 5.18. The molecule has 12 nitrogen and oxygen atoms in total. The van der Waals surface area contributed by atoms with E-state index in [4.69, 9.17) is 32.9 Å². The van der Waals surface area contributed by atoms with E-state index in [9.17, 15) is 14.4 Å². The van der Waals surface area contributed by atoms with Gasteiger partial charge < -0.3 is 20.7 Å². The number of pyridine rings is 2. The molecule has 2 fully saturated rings. The fourth-order valence-electron chi connectivity index (χ4n) is 8.00. The Labute approximate surface area is 303 Å². The fourth-order valence-corrected chi connectivity index (χ4v) is 8.60. The molecule has 2 aliphatic heterocycles. The molecular weight excluding hydrogens is 691 g/mol. The van der Waals surface area contributed by atoms with Crippen molar-refractivity contribution >= 4 is 51.6 Å². The van der Waals surface area contributed by atoms with Gasteiger partial charge in [0.05, 0.1) is 39.6 Å². The summed E-state index contributed by atoms with van der Waals surface area (Å²) in [5.41, 5.74) is 4.98. The van der Waals surface area contributed by atoms with Gasteiger partial charge in [-0.05, 0) is 49.4 Å². The average Bonchev–Trinajstić information content (AvgIpc) is 3.74. The predicted molar refractivity (Wildman–Crippen MR) is 198 cm³/mol. The molecule has 0 unspecified atom stereocenters. The number of benzene rings is 2. The summed E-state index contributed by atoms with van der Waals surface area (Å²) >= 11 is 14.2. The third-order valence-corrected chi connectivity index (χ3v) is 11.4. The molecule has 0 radical (unpaired) electrons. The minimum atomic E-state index is -0.463. The predicted octanol–water partition coefficient (Wildman–Crippen LogP) is 5.55. The van der Waals surface area contributed by atoms with Crippen LogP contribution < -0.4 is 31.9 Å². The van der Waals surface area contributed by atoms with Crippen molar-refractivity contribution in [2.24, 2.45) is 14.1 Å². The Bertz CT molecular complexity index is 2380. The van der Waals surface area contributed by atoms with E-state index in [0.717, 1.165) is 54.5 Å². The van der Waals surface area contributed by atoms with E-state index in [1.807, 2.05) is 30.3 Å². The van der Waals surface area contributed by atoms with Gasteiger partial charge in [-0.15, -0.1) is 0 Å². The molecule has 2 amide bonds. The van der Waals surface area contributed by atoms with E-state index in [1.165, 1.54) is 23.4 Å². The van der Waals surface area contributed by atoms with Crippen molar-refractivity contribution < 1.29 is 9.53 Å². The van der Waals surface area contributed by atoms with Gasteiger partial charge in [-0.25, -0.2) is 19.6 Å². The number of aryl methyl sites for hydroxylation is 2. The molecule has 2 atom stereocenters. The molecule has 14 heteroatoms. The smallest absolute Gasteiger partial charge is 0.330 e. The number of rotatable bonds is 6. The number of anilines is 2. The quantitative estimate of drug-likeness (QED) is 0.207. The lowest BCUT2D eigenvalue weighted by molar-refractivity contribution is 0.187. The molecule has 2 aromatic carbocycles. The number of carbonyl (C=O) groups is 1. The highest BCUT2D eigenvalue weighted by Gasteiger charge is 2.45. The third kappa shape index (κ3) is 5.53. The largest absolute Gasteiger partial charge is 0.481 e. The van der Waals surface area contributed by atoms with Gasteiger partial charge >= 0.3 is 11.7 Å². The molecule has 5 aromatic rings. The number of hydrogen-bond acceptors (Lipinski definition) is 8. The zero-order valence-electron chi connectivity index (χ0n) is 28.3. The van der Waals surface area contributed by atoms with E-state index in [0.29, 0.717) is 50.5 Å². The normalized spacial score (nSPS) is 20.0. The summed E-state index contributed by atoms with van der Waals surface area (Å²) < 4.78 is 8.39. The van der Waals surface area contributed by atoms with E-state index >= 15 is 0 Å². The number of ether oxygens (including phenoxy) is 1. The van der Waals surface area contributed by atoms with Crippen LogP contribution in [0.25, 0.3) is 33.3 Å². The minimum absolute atomic E-state index is 0.0924. The number of fused-ring (bicyclic) bond motifs is 2. The number of likely N-dealkylation sites (tertiary alicyclic amines) is 1. The van der Waals surface area contributed by atoms with Gasteiger partial charge in [-0.2, -0.15) is 0 Å². The van der Waals surface area contributed by atoms with Crippen molar-refractivity contribution in [3.63, 3.8) is 0 Å². The summed E-state index contributed by atoms with van der Waals surface area (Å²) in [5, 5.41) is 10.4. The van der Waals surface area contributed by atoms with Gasteiger partial charge in [-0.1, -0.05) is 53.5 Å². The maximum absolute atomic E-state index is 13.2. The second-order valence-corrected chi connectivity index (χ2v) is 14.3. The summed E-state index contributed by atoms with van der Waals surface area (Å²) in [5.74, 6) is 0.858. The molecule has 51 heavy (non-hydrogen) atoms. The second kappa shape index (κ2) is 12.7. The monoisotopic (exact) mass is 726 g/mol. The fraction of sp³-hybridized carbons (Fsp3) is 0.324. The van der Waals surface area contributed by atoms with E-state index in [2.05, 4.69) is 31.9 Å².